The highest BCUT2D eigenvalue weighted by Crippen LogP contribution is 2.10. The fraction of sp³-hybridized carbons (Fsp3) is 0.250. The van der Waals surface area contributed by atoms with Crippen molar-refractivity contribution in [3.05, 3.63) is 26.5 Å². The van der Waals surface area contributed by atoms with Crippen molar-refractivity contribution < 1.29 is 4.79 Å². The van der Waals surface area contributed by atoms with Gasteiger partial charge in [-0.3, -0.25) is 9.48 Å². The smallest absolute Gasteiger partial charge is 0.255 e. The number of halogens is 2. The molecule has 0 saturated carbocycles. The molecule has 0 aliphatic rings. The van der Waals surface area contributed by atoms with E-state index in [4.69, 9.17) is 0 Å². The van der Waals surface area contributed by atoms with Crippen LogP contribution in [0.1, 0.15) is 10.4 Å². The van der Waals surface area contributed by atoms with Crippen LogP contribution >= 0.6 is 38.5 Å². The highest BCUT2D eigenvalue weighted by molar-refractivity contribution is 14.1. The average molecular weight is 370 g/mol. The van der Waals surface area contributed by atoms with Crippen LogP contribution in [0.2, 0.25) is 0 Å². The lowest BCUT2D eigenvalue weighted by atomic mass is 10.3. The molecule has 1 N–H and O–H groups in total. The van der Waals surface area contributed by atoms with E-state index >= 15 is 0 Å². The Kier molecular flexibility index (Phi) is 4.11. The van der Waals surface area contributed by atoms with Crippen molar-refractivity contribution in [3.8, 4) is 0 Å². The molecule has 0 saturated heterocycles. The van der Waals surface area contributed by atoms with Gasteiger partial charge in [0.15, 0.2) is 0 Å². The molecule has 0 aromatic carbocycles. The van der Waals surface area contributed by atoms with Gasteiger partial charge < -0.3 is 5.32 Å². The van der Waals surface area contributed by atoms with E-state index in [1.807, 2.05) is 0 Å². The molecular formula is C8H9BrIN3O. The van der Waals surface area contributed by atoms with Crippen molar-refractivity contribution in [2.75, 3.05) is 6.54 Å². The molecule has 0 bridgehead atoms. The van der Waals surface area contributed by atoms with Gasteiger partial charge in [-0.15, -0.1) is 0 Å². The lowest BCUT2D eigenvalue weighted by Crippen LogP contribution is -2.24. The van der Waals surface area contributed by atoms with E-state index in [0.29, 0.717) is 12.1 Å². The van der Waals surface area contributed by atoms with E-state index in [1.54, 1.807) is 17.9 Å². The first kappa shape index (κ1) is 11.7. The first-order valence-corrected chi connectivity index (χ1v) is 5.68. The number of hydrogen-bond donors (Lipinski definition) is 1. The van der Waals surface area contributed by atoms with Gasteiger partial charge in [-0.25, -0.2) is 0 Å². The second-order valence-electron chi connectivity index (χ2n) is 2.67. The van der Waals surface area contributed by atoms with Gasteiger partial charge in [0, 0.05) is 18.1 Å². The van der Waals surface area contributed by atoms with E-state index in [9.17, 15) is 4.79 Å². The molecule has 4 nitrogen and oxygen atoms in total. The number of carbonyl (C=O) groups excluding carboxylic acids is 1. The third-order valence-electron chi connectivity index (χ3n) is 1.55. The van der Waals surface area contributed by atoms with Crippen molar-refractivity contribution in [1.29, 1.82) is 0 Å². The van der Waals surface area contributed by atoms with Gasteiger partial charge in [0.2, 0.25) is 0 Å². The Morgan fingerprint density at radius 2 is 2.50 bits per heavy atom. The number of nitrogens with zero attached hydrogens (tertiary/aromatic N) is 2. The topological polar surface area (TPSA) is 46.9 Å². The fourth-order valence-corrected chi connectivity index (χ4v) is 1.50. The van der Waals surface area contributed by atoms with Gasteiger partial charge in [-0.2, -0.15) is 5.10 Å². The maximum Gasteiger partial charge on any atom is 0.255 e. The summed E-state index contributed by atoms with van der Waals surface area (Å²) in [5.41, 5.74) is 0.585. The van der Waals surface area contributed by atoms with E-state index in [1.165, 1.54) is 0 Å². The molecule has 0 unspecified atom stereocenters. The number of hydrogen-bond acceptors (Lipinski definition) is 2. The van der Waals surface area contributed by atoms with Gasteiger partial charge in [-0.05, 0) is 22.6 Å². The highest BCUT2D eigenvalue weighted by Gasteiger charge is 2.12. The second-order valence-corrected chi connectivity index (χ2v) is 4.82. The van der Waals surface area contributed by atoms with Crippen LogP contribution in [0, 0.1) is 3.70 Å². The molecule has 6 heteroatoms. The van der Waals surface area contributed by atoms with E-state index in [0.717, 1.165) is 8.18 Å². The number of aromatic nitrogens is 2. The molecular weight excluding hydrogens is 361 g/mol. The molecule has 1 aromatic rings. The number of aryl methyl sites for hydroxylation is 1. The fourth-order valence-electron chi connectivity index (χ4n) is 0.846. The molecule has 0 fully saturated rings. The van der Waals surface area contributed by atoms with E-state index in [2.05, 4.69) is 55.5 Å². The quantitative estimate of drug-likeness (QED) is 0.824. The van der Waals surface area contributed by atoms with Crippen LogP contribution in [0.15, 0.2) is 17.3 Å². The lowest BCUT2D eigenvalue weighted by Gasteiger charge is -2.02. The number of amides is 1. The Morgan fingerprint density at radius 3 is 2.93 bits per heavy atom. The Bertz CT molecular complexity index is 375. The molecule has 0 spiro atoms. The summed E-state index contributed by atoms with van der Waals surface area (Å²) in [4.78, 5) is 11.6. The Morgan fingerprint density at radius 1 is 1.86 bits per heavy atom. The number of nitrogens with one attached hydrogen (secondary N) is 1. The van der Waals surface area contributed by atoms with Crippen LogP contribution in [0.5, 0.6) is 0 Å². The summed E-state index contributed by atoms with van der Waals surface area (Å²) in [7, 11) is 1.79. The van der Waals surface area contributed by atoms with Crippen LogP contribution in [-0.2, 0) is 7.05 Å². The highest BCUT2D eigenvalue weighted by atomic mass is 127. The summed E-state index contributed by atoms with van der Waals surface area (Å²) in [6, 6.07) is 0. The van der Waals surface area contributed by atoms with Crippen LogP contribution in [0.3, 0.4) is 0 Å². The molecule has 0 radical (unpaired) electrons. The van der Waals surface area contributed by atoms with Gasteiger partial charge >= 0.3 is 0 Å². The minimum atomic E-state index is -0.136. The van der Waals surface area contributed by atoms with Crippen molar-refractivity contribution in [1.82, 2.24) is 15.1 Å². The first-order valence-electron chi connectivity index (χ1n) is 3.81. The summed E-state index contributed by atoms with van der Waals surface area (Å²) in [5.74, 6) is -0.136. The zero-order chi connectivity index (χ0) is 10.7. The summed E-state index contributed by atoms with van der Waals surface area (Å²) >= 11 is 5.25. The van der Waals surface area contributed by atoms with Crippen molar-refractivity contribution in [2.45, 2.75) is 0 Å². The minimum Gasteiger partial charge on any atom is -0.347 e. The predicted molar refractivity (Wildman–Crippen MR) is 66.3 cm³/mol. The van der Waals surface area contributed by atoms with Gasteiger partial charge in [-0.1, -0.05) is 22.5 Å². The maximum atomic E-state index is 11.6. The monoisotopic (exact) mass is 369 g/mol. The summed E-state index contributed by atoms with van der Waals surface area (Å²) in [6.07, 6.45) is 1.55. The third kappa shape index (κ3) is 2.81. The Labute approximate surface area is 104 Å². The Hall–Kier alpha value is -0.370. The van der Waals surface area contributed by atoms with E-state index < -0.39 is 0 Å². The zero-order valence-electron chi connectivity index (χ0n) is 7.55. The van der Waals surface area contributed by atoms with E-state index in [-0.39, 0.29) is 5.91 Å². The molecule has 76 valence electrons. The number of rotatable bonds is 3. The van der Waals surface area contributed by atoms with Crippen LogP contribution in [0.25, 0.3) is 0 Å². The lowest BCUT2D eigenvalue weighted by molar-refractivity contribution is 0.0957. The largest absolute Gasteiger partial charge is 0.347 e. The number of carbonyl (C=O) groups is 1. The maximum absolute atomic E-state index is 11.6. The van der Waals surface area contributed by atoms with Gasteiger partial charge in [0.1, 0.15) is 3.70 Å². The first-order chi connectivity index (χ1) is 6.52. The second kappa shape index (κ2) is 4.92. The normalized spacial score (nSPS) is 9.93. The summed E-state index contributed by atoms with van der Waals surface area (Å²) < 4.78 is 3.21. The molecule has 1 heterocycles. The van der Waals surface area contributed by atoms with Crippen molar-refractivity contribution in [2.24, 2.45) is 7.05 Å². The molecule has 0 atom stereocenters. The average Bonchev–Trinajstić information content (AvgIpc) is 2.44. The van der Waals surface area contributed by atoms with Crippen LogP contribution in [-0.4, -0.2) is 22.2 Å². The molecule has 1 aromatic heterocycles. The molecule has 1 amide bonds. The Balaban J connectivity index is 2.70. The summed E-state index contributed by atoms with van der Waals surface area (Å²) in [6.45, 7) is 4.05. The molecule has 1 rings (SSSR count). The predicted octanol–water partition coefficient (Wildman–Crippen LogP) is 1.66. The van der Waals surface area contributed by atoms with Crippen molar-refractivity contribution in [3.63, 3.8) is 0 Å². The molecule has 0 aliphatic heterocycles. The van der Waals surface area contributed by atoms with Crippen LogP contribution in [0.4, 0.5) is 0 Å². The standard InChI is InChI=1S/C8H9BrIN3O/c1-5(9)3-11-8(14)6-4-12-13(2)7(6)10/h4H,1,3H2,2H3,(H,11,14). The van der Waals surface area contributed by atoms with Gasteiger partial charge in [0.25, 0.3) is 5.91 Å². The minimum absolute atomic E-state index is 0.136. The molecule has 14 heavy (non-hydrogen) atoms. The molecule has 0 aliphatic carbocycles. The zero-order valence-corrected chi connectivity index (χ0v) is 11.3. The summed E-state index contributed by atoms with van der Waals surface area (Å²) in [5, 5.41) is 6.69. The van der Waals surface area contributed by atoms with Crippen molar-refractivity contribution >= 4 is 44.4 Å². The van der Waals surface area contributed by atoms with Crippen LogP contribution < -0.4 is 5.32 Å². The SMILES string of the molecule is C=C(Br)CNC(=O)c1cnn(C)c1I. The van der Waals surface area contributed by atoms with Gasteiger partial charge in [0.05, 0.1) is 11.8 Å². The third-order valence-corrected chi connectivity index (χ3v) is 3.11.